The molecule has 1 saturated carbocycles. The molecule has 0 radical (unpaired) electrons. The Morgan fingerprint density at radius 2 is 2.11 bits per heavy atom. The molecule has 0 aliphatic heterocycles. The fourth-order valence-corrected chi connectivity index (χ4v) is 2.64. The first-order chi connectivity index (χ1) is 8.65. The third kappa shape index (κ3) is 3.85. The van der Waals surface area contributed by atoms with Crippen LogP contribution in [0.1, 0.15) is 50.9 Å². The van der Waals surface area contributed by atoms with Gasteiger partial charge in [0.1, 0.15) is 5.76 Å². The number of hydrogen-bond donors (Lipinski definition) is 1. The maximum atomic E-state index is 5.65. The van der Waals surface area contributed by atoms with E-state index in [2.05, 4.69) is 37.2 Å². The second-order valence-corrected chi connectivity index (χ2v) is 5.81. The minimum absolute atomic E-state index is 0.518. The van der Waals surface area contributed by atoms with Gasteiger partial charge in [0, 0.05) is 24.2 Å². The Balaban J connectivity index is 1.82. The van der Waals surface area contributed by atoms with E-state index in [0.29, 0.717) is 6.04 Å². The molecule has 18 heavy (non-hydrogen) atoms. The lowest BCUT2D eigenvalue weighted by Gasteiger charge is -2.22. The van der Waals surface area contributed by atoms with Gasteiger partial charge in [-0.1, -0.05) is 26.7 Å². The number of nitrogens with one attached hydrogen (secondary N) is 1. The molecule has 0 saturated heterocycles. The molecule has 0 unspecified atom stereocenters. The average Bonchev–Trinajstić information content (AvgIpc) is 2.97. The highest BCUT2D eigenvalue weighted by Gasteiger charge is 2.20. The Labute approximate surface area is 111 Å². The van der Waals surface area contributed by atoms with E-state index in [1.807, 2.05) is 6.26 Å². The van der Waals surface area contributed by atoms with E-state index in [1.165, 1.54) is 31.2 Å². The van der Waals surface area contributed by atoms with Crippen molar-refractivity contribution in [2.45, 2.75) is 64.7 Å². The second kappa shape index (κ2) is 6.39. The lowest BCUT2D eigenvalue weighted by Crippen LogP contribution is -2.28. The molecule has 0 bridgehead atoms. The van der Waals surface area contributed by atoms with Gasteiger partial charge in [-0.2, -0.15) is 0 Å². The highest BCUT2D eigenvalue weighted by atomic mass is 16.3. The van der Waals surface area contributed by atoms with Crippen LogP contribution < -0.4 is 5.32 Å². The van der Waals surface area contributed by atoms with E-state index < -0.39 is 0 Å². The van der Waals surface area contributed by atoms with Crippen molar-refractivity contribution >= 4 is 0 Å². The molecule has 102 valence electrons. The fraction of sp³-hybridized carbons (Fsp3) is 0.733. The Hall–Kier alpha value is -0.800. The molecule has 1 aliphatic carbocycles. The first kappa shape index (κ1) is 13.6. The molecule has 1 N–H and O–H groups in total. The lowest BCUT2D eigenvalue weighted by molar-refractivity contribution is 0.219. The summed E-state index contributed by atoms with van der Waals surface area (Å²) in [5, 5.41) is 3.41. The molecule has 0 aromatic carbocycles. The van der Waals surface area contributed by atoms with Gasteiger partial charge in [0.25, 0.3) is 0 Å². The number of hydrogen-bond acceptors (Lipinski definition) is 3. The Kier molecular flexibility index (Phi) is 4.84. The van der Waals surface area contributed by atoms with Crippen LogP contribution in [0.25, 0.3) is 0 Å². The number of furan rings is 1. The maximum Gasteiger partial charge on any atom is 0.118 e. The predicted molar refractivity (Wildman–Crippen MR) is 74.4 cm³/mol. The third-order valence-electron chi connectivity index (χ3n) is 3.78. The van der Waals surface area contributed by atoms with Gasteiger partial charge in [0.2, 0.25) is 0 Å². The molecule has 1 aliphatic rings. The van der Waals surface area contributed by atoms with E-state index in [-0.39, 0.29) is 0 Å². The van der Waals surface area contributed by atoms with Crippen LogP contribution in [-0.2, 0) is 13.1 Å². The van der Waals surface area contributed by atoms with Crippen molar-refractivity contribution in [3.63, 3.8) is 0 Å². The summed E-state index contributed by atoms with van der Waals surface area (Å²) in [5.74, 6) is 1.09. The Bertz CT molecular complexity index is 353. The molecule has 1 aromatic heterocycles. The number of nitrogens with zero attached hydrogens (tertiary/aromatic N) is 1. The molecule has 1 aromatic rings. The average molecular weight is 250 g/mol. The normalized spacial score (nSPS) is 17.2. The van der Waals surface area contributed by atoms with Crippen LogP contribution >= 0.6 is 0 Å². The van der Waals surface area contributed by atoms with Gasteiger partial charge >= 0.3 is 0 Å². The van der Waals surface area contributed by atoms with Crippen LogP contribution in [-0.4, -0.2) is 24.0 Å². The van der Waals surface area contributed by atoms with Crippen LogP contribution in [0.15, 0.2) is 16.7 Å². The van der Waals surface area contributed by atoms with Crippen molar-refractivity contribution in [2.75, 3.05) is 7.05 Å². The minimum Gasteiger partial charge on any atom is -0.468 e. The van der Waals surface area contributed by atoms with Gasteiger partial charge in [-0.25, -0.2) is 0 Å². The van der Waals surface area contributed by atoms with E-state index in [1.54, 1.807) is 0 Å². The van der Waals surface area contributed by atoms with E-state index in [0.717, 1.165) is 24.9 Å². The van der Waals surface area contributed by atoms with Gasteiger partial charge in [-0.15, -0.1) is 0 Å². The summed E-state index contributed by atoms with van der Waals surface area (Å²) in [6, 6.07) is 3.46. The number of rotatable bonds is 6. The molecule has 3 heteroatoms. The van der Waals surface area contributed by atoms with Crippen LogP contribution in [0.4, 0.5) is 0 Å². The van der Waals surface area contributed by atoms with Gasteiger partial charge in [0.05, 0.1) is 12.8 Å². The summed E-state index contributed by atoms with van der Waals surface area (Å²) < 4.78 is 5.65. The summed E-state index contributed by atoms with van der Waals surface area (Å²) in [4.78, 5) is 2.44. The molecule has 0 spiro atoms. The summed E-state index contributed by atoms with van der Waals surface area (Å²) in [7, 11) is 2.21. The molecule has 1 heterocycles. The highest BCUT2D eigenvalue weighted by Crippen LogP contribution is 2.24. The Morgan fingerprint density at radius 1 is 1.39 bits per heavy atom. The van der Waals surface area contributed by atoms with Crippen LogP contribution in [0.5, 0.6) is 0 Å². The summed E-state index contributed by atoms with van der Waals surface area (Å²) >= 11 is 0. The molecular weight excluding hydrogens is 224 g/mol. The first-order valence-electron chi connectivity index (χ1n) is 7.15. The monoisotopic (exact) mass is 250 g/mol. The highest BCUT2D eigenvalue weighted by molar-refractivity contribution is 5.12. The summed E-state index contributed by atoms with van der Waals surface area (Å²) in [6.45, 7) is 6.16. The zero-order valence-corrected chi connectivity index (χ0v) is 11.9. The standard InChI is InChI=1S/C15H26N2O/c1-12(2)16-9-13-8-15(18-11-13)10-17(3)14-6-4-5-7-14/h8,11-12,14,16H,4-7,9-10H2,1-3H3. The second-order valence-electron chi connectivity index (χ2n) is 5.81. The van der Waals surface area contributed by atoms with Gasteiger partial charge in [-0.05, 0) is 26.0 Å². The van der Waals surface area contributed by atoms with Gasteiger partial charge < -0.3 is 9.73 Å². The molecule has 2 rings (SSSR count). The smallest absolute Gasteiger partial charge is 0.118 e. The molecule has 0 amide bonds. The van der Waals surface area contributed by atoms with Crippen molar-refractivity contribution in [3.05, 3.63) is 23.7 Å². The van der Waals surface area contributed by atoms with Crippen molar-refractivity contribution in [3.8, 4) is 0 Å². The lowest BCUT2D eigenvalue weighted by atomic mass is 10.2. The molecule has 3 nitrogen and oxygen atoms in total. The van der Waals surface area contributed by atoms with E-state index in [9.17, 15) is 0 Å². The van der Waals surface area contributed by atoms with Crippen LogP contribution in [0.3, 0.4) is 0 Å². The molecular formula is C15H26N2O. The third-order valence-corrected chi connectivity index (χ3v) is 3.78. The van der Waals surface area contributed by atoms with E-state index in [4.69, 9.17) is 4.42 Å². The SMILES string of the molecule is CC(C)NCc1coc(CN(C)C2CCCC2)c1. The van der Waals surface area contributed by atoms with Crippen LogP contribution in [0, 0.1) is 0 Å². The van der Waals surface area contributed by atoms with Crippen LogP contribution in [0.2, 0.25) is 0 Å². The van der Waals surface area contributed by atoms with Gasteiger partial charge in [-0.3, -0.25) is 4.90 Å². The summed E-state index contributed by atoms with van der Waals surface area (Å²) in [5.41, 5.74) is 1.25. The Morgan fingerprint density at radius 3 is 2.78 bits per heavy atom. The quantitative estimate of drug-likeness (QED) is 0.840. The fourth-order valence-electron chi connectivity index (χ4n) is 2.64. The first-order valence-corrected chi connectivity index (χ1v) is 7.15. The van der Waals surface area contributed by atoms with Crippen molar-refractivity contribution in [1.82, 2.24) is 10.2 Å². The largest absolute Gasteiger partial charge is 0.468 e. The summed E-state index contributed by atoms with van der Waals surface area (Å²) in [6.07, 6.45) is 7.35. The predicted octanol–water partition coefficient (Wildman–Crippen LogP) is 3.15. The minimum atomic E-state index is 0.518. The molecule has 1 fully saturated rings. The maximum absolute atomic E-state index is 5.65. The topological polar surface area (TPSA) is 28.4 Å². The van der Waals surface area contributed by atoms with Crippen molar-refractivity contribution in [1.29, 1.82) is 0 Å². The zero-order valence-electron chi connectivity index (χ0n) is 11.9. The van der Waals surface area contributed by atoms with Gasteiger partial charge in [0.15, 0.2) is 0 Å². The van der Waals surface area contributed by atoms with E-state index >= 15 is 0 Å². The zero-order chi connectivity index (χ0) is 13.0. The molecule has 0 atom stereocenters. The van der Waals surface area contributed by atoms with Crippen molar-refractivity contribution in [2.24, 2.45) is 0 Å². The van der Waals surface area contributed by atoms with Crippen molar-refractivity contribution < 1.29 is 4.42 Å².